The predicted octanol–water partition coefficient (Wildman–Crippen LogP) is 4.85. The number of hydrogen-bond acceptors (Lipinski definition) is 3. The highest BCUT2D eigenvalue weighted by atomic mass is 16.1. The van der Waals surface area contributed by atoms with Crippen molar-refractivity contribution in [2.24, 2.45) is 17.1 Å². The minimum Gasteiger partial charge on any atom is -0.366 e. The zero-order valence-electron chi connectivity index (χ0n) is 17.6. The highest BCUT2D eigenvalue weighted by molar-refractivity contribution is 5.94. The molecule has 1 aromatic carbocycles. The summed E-state index contributed by atoms with van der Waals surface area (Å²) in [5, 5.41) is 3.72. The van der Waals surface area contributed by atoms with Crippen LogP contribution in [0.3, 0.4) is 0 Å². The molecule has 0 atom stereocenters. The van der Waals surface area contributed by atoms with E-state index in [0.717, 1.165) is 29.3 Å². The average Bonchev–Trinajstić information content (AvgIpc) is 2.66. The predicted molar refractivity (Wildman–Crippen MR) is 115 cm³/mol. The van der Waals surface area contributed by atoms with Crippen LogP contribution in [0.5, 0.6) is 0 Å². The molecule has 0 saturated heterocycles. The molecule has 150 valence electrons. The maximum atomic E-state index is 11.4. The molecule has 1 aliphatic rings. The molecule has 4 heteroatoms. The number of nitrogens with one attached hydrogen (secondary N) is 1. The molecule has 0 radical (unpaired) electrons. The molecular weight excluding hydrogens is 346 g/mol. The summed E-state index contributed by atoms with van der Waals surface area (Å²) in [5.41, 5.74) is 10.5. The molecule has 1 aromatic heterocycles. The summed E-state index contributed by atoms with van der Waals surface area (Å²) in [5.74, 6) is 0.423. The highest BCUT2D eigenvalue weighted by Gasteiger charge is 2.29. The Morgan fingerprint density at radius 2 is 1.89 bits per heavy atom. The van der Waals surface area contributed by atoms with Gasteiger partial charge in [-0.25, -0.2) is 0 Å². The number of nitrogens with two attached hydrogens (primary N) is 1. The number of amides is 1. The lowest BCUT2D eigenvalue weighted by molar-refractivity contribution is 0.100. The van der Waals surface area contributed by atoms with E-state index in [1.807, 2.05) is 24.4 Å². The van der Waals surface area contributed by atoms with E-state index in [2.05, 4.69) is 44.1 Å². The van der Waals surface area contributed by atoms with E-state index >= 15 is 0 Å². The van der Waals surface area contributed by atoms with Crippen molar-refractivity contribution in [3.8, 4) is 11.3 Å². The Kier molecular flexibility index (Phi) is 6.19. The first-order valence-corrected chi connectivity index (χ1v) is 10.3. The largest absolute Gasteiger partial charge is 0.366 e. The van der Waals surface area contributed by atoms with E-state index in [4.69, 9.17) is 5.73 Å². The van der Waals surface area contributed by atoms with Gasteiger partial charge < -0.3 is 11.1 Å². The number of pyridine rings is 1. The third-order valence-corrected chi connectivity index (χ3v) is 6.10. The second-order valence-corrected chi connectivity index (χ2v) is 9.25. The molecule has 1 fully saturated rings. The summed E-state index contributed by atoms with van der Waals surface area (Å²) < 4.78 is 0. The van der Waals surface area contributed by atoms with Crippen LogP contribution in [-0.2, 0) is 6.54 Å². The average molecular weight is 380 g/mol. The number of rotatable bonds is 5. The van der Waals surface area contributed by atoms with Crippen LogP contribution in [0.1, 0.15) is 67.9 Å². The molecule has 0 unspecified atom stereocenters. The lowest BCUT2D eigenvalue weighted by Gasteiger charge is -2.37. The molecule has 4 nitrogen and oxygen atoms in total. The molecule has 2 aromatic rings. The number of carbonyl (C=O) groups is 1. The third kappa shape index (κ3) is 4.99. The van der Waals surface area contributed by atoms with Crippen LogP contribution in [0.4, 0.5) is 0 Å². The molecule has 0 spiro atoms. The van der Waals surface area contributed by atoms with Crippen LogP contribution in [0, 0.1) is 18.3 Å². The summed E-state index contributed by atoms with van der Waals surface area (Å²) >= 11 is 0. The molecule has 28 heavy (non-hydrogen) atoms. The van der Waals surface area contributed by atoms with Gasteiger partial charge in [-0.3, -0.25) is 9.78 Å². The zero-order valence-corrected chi connectivity index (χ0v) is 17.6. The molecule has 1 amide bonds. The maximum Gasteiger partial charge on any atom is 0.248 e. The Morgan fingerprint density at radius 1 is 1.18 bits per heavy atom. The minimum atomic E-state index is -0.415. The Labute approximate surface area is 168 Å². The van der Waals surface area contributed by atoms with Gasteiger partial charge in [0.05, 0.1) is 5.69 Å². The van der Waals surface area contributed by atoms with Gasteiger partial charge in [-0.15, -0.1) is 0 Å². The van der Waals surface area contributed by atoms with Crippen molar-refractivity contribution in [2.75, 3.05) is 0 Å². The van der Waals surface area contributed by atoms with Crippen LogP contribution in [0.15, 0.2) is 36.5 Å². The number of primary amides is 1. The van der Waals surface area contributed by atoms with Gasteiger partial charge >= 0.3 is 0 Å². The van der Waals surface area contributed by atoms with Crippen molar-refractivity contribution in [1.82, 2.24) is 10.3 Å². The smallest absolute Gasteiger partial charge is 0.248 e. The topological polar surface area (TPSA) is 68.0 Å². The summed E-state index contributed by atoms with van der Waals surface area (Å²) in [6, 6.07) is 10.1. The minimum absolute atomic E-state index is 0.415. The molecule has 3 N–H and O–H groups in total. The summed E-state index contributed by atoms with van der Waals surface area (Å²) in [7, 11) is 0. The number of benzene rings is 1. The Balaban J connectivity index is 1.61. The second kappa shape index (κ2) is 8.44. The third-order valence-electron chi connectivity index (χ3n) is 6.10. The second-order valence-electron chi connectivity index (χ2n) is 9.25. The molecule has 1 aliphatic carbocycles. The quantitative estimate of drug-likeness (QED) is 0.780. The van der Waals surface area contributed by atoms with E-state index in [1.54, 1.807) is 6.07 Å². The first-order chi connectivity index (χ1) is 13.2. The first-order valence-electron chi connectivity index (χ1n) is 10.3. The Bertz CT molecular complexity index is 830. The number of carbonyl (C=O) groups excluding carboxylic acids is 1. The van der Waals surface area contributed by atoms with E-state index in [0.29, 0.717) is 17.0 Å². The van der Waals surface area contributed by atoms with Crippen molar-refractivity contribution >= 4 is 5.91 Å². The highest BCUT2D eigenvalue weighted by Crippen LogP contribution is 2.37. The van der Waals surface area contributed by atoms with Crippen molar-refractivity contribution < 1.29 is 4.79 Å². The standard InChI is InChI=1S/C24H33N3O/c1-16-12-17(14-26-21-10-8-20(9-11-21)24(2,3)4)15-27-22(16)18-6-5-7-19(13-18)23(25)28/h5-7,12-13,15,20-21,26H,8-11,14H2,1-4H3,(H2,25,28)/t20-,21-. The fourth-order valence-electron chi connectivity index (χ4n) is 4.28. The molecule has 0 aliphatic heterocycles. The maximum absolute atomic E-state index is 11.4. The number of aromatic nitrogens is 1. The molecule has 0 bridgehead atoms. The van der Waals surface area contributed by atoms with Crippen LogP contribution < -0.4 is 11.1 Å². The zero-order chi connectivity index (χ0) is 20.3. The summed E-state index contributed by atoms with van der Waals surface area (Å²) in [6.07, 6.45) is 7.08. The van der Waals surface area contributed by atoms with Gasteiger partial charge in [0.25, 0.3) is 0 Å². The van der Waals surface area contributed by atoms with Crippen LogP contribution in [-0.4, -0.2) is 16.9 Å². The monoisotopic (exact) mass is 379 g/mol. The van der Waals surface area contributed by atoms with Gasteiger partial charge in [0, 0.05) is 29.9 Å². The lowest BCUT2D eigenvalue weighted by atomic mass is 9.71. The summed E-state index contributed by atoms with van der Waals surface area (Å²) in [6.45, 7) is 10.00. The van der Waals surface area contributed by atoms with Gasteiger partial charge in [0.15, 0.2) is 0 Å². The van der Waals surface area contributed by atoms with Crippen LogP contribution in [0.25, 0.3) is 11.3 Å². The number of aryl methyl sites for hydroxylation is 1. The SMILES string of the molecule is Cc1cc(CN[C@H]2CC[C@H](C(C)(C)C)CC2)cnc1-c1cccc(C(N)=O)c1. The number of nitrogens with zero attached hydrogens (tertiary/aromatic N) is 1. The van der Waals surface area contributed by atoms with Gasteiger partial charge in [-0.2, -0.15) is 0 Å². The van der Waals surface area contributed by atoms with E-state index in [9.17, 15) is 4.79 Å². The molecule has 1 heterocycles. The van der Waals surface area contributed by atoms with Crippen molar-refractivity contribution in [2.45, 2.75) is 66.0 Å². The van der Waals surface area contributed by atoms with E-state index in [1.165, 1.54) is 31.2 Å². The fraction of sp³-hybridized carbons (Fsp3) is 0.500. The van der Waals surface area contributed by atoms with Crippen molar-refractivity contribution in [3.05, 3.63) is 53.2 Å². The van der Waals surface area contributed by atoms with Gasteiger partial charge in [-0.05, 0) is 67.2 Å². The molecule has 3 rings (SSSR count). The van der Waals surface area contributed by atoms with Crippen molar-refractivity contribution in [1.29, 1.82) is 0 Å². The van der Waals surface area contributed by atoms with Gasteiger partial charge in [0.1, 0.15) is 0 Å². The van der Waals surface area contributed by atoms with Gasteiger partial charge in [0.2, 0.25) is 5.91 Å². The molecule has 1 saturated carbocycles. The molecular formula is C24H33N3O. The Morgan fingerprint density at radius 3 is 2.50 bits per heavy atom. The Hall–Kier alpha value is -2.20. The lowest BCUT2D eigenvalue weighted by Crippen LogP contribution is -2.35. The summed E-state index contributed by atoms with van der Waals surface area (Å²) in [4.78, 5) is 16.1. The van der Waals surface area contributed by atoms with Crippen LogP contribution >= 0.6 is 0 Å². The number of hydrogen-bond donors (Lipinski definition) is 2. The van der Waals surface area contributed by atoms with Crippen molar-refractivity contribution in [3.63, 3.8) is 0 Å². The fourth-order valence-corrected chi connectivity index (χ4v) is 4.28. The first kappa shape index (κ1) is 20.5. The van der Waals surface area contributed by atoms with E-state index in [-0.39, 0.29) is 0 Å². The van der Waals surface area contributed by atoms with Gasteiger partial charge in [-0.1, -0.05) is 39.0 Å². The van der Waals surface area contributed by atoms with E-state index < -0.39 is 5.91 Å². The normalized spacial score (nSPS) is 20.1. The van der Waals surface area contributed by atoms with Crippen LogP contribution in [0.2, 0.25) is 0 Å².